The summed E-state index contributed by atoms with van der Waals surface area (Å²) in [6.45, 7) is 2.61. The molecule has 0 bridgehead atoms. The van der Waals surface area contributed by atoms with Crippen molar-refractivity contribution in [2.24, 2.45) is 0 Å². The van der Waals surface area contributed by atoms with Crippen molar-refractivity contribution in [3.8, 4) is 11.6 Å². The largest absolute Gasteiger partial charge is 0.472 e. The van der Waals surface area contributed by atoms with E-state index in [2.05, 4.69) is 25.8 Å². The molecule has 21 heavy (non-hydrogen) atoms. The van der Waals surface area contributed by atoms with Crippen LogP contribution >= 0.6 is 0 Å². The lowest BCUT2D eigenvalue weighted by molar-refractivity contribution is 0.0951. The van der Waals surface area contributed by atoms with Gasteiger partial charge in [0.1, 0.15) is 6.26 Å². The van der Waals surface area contributed by atoms with Crippen molar-refractivity contribution >= 4 is 5.91 Å². The van der Waals surface area contributed by atoms with Crippen LogP contribution in [0.4, 0.5) is 0 Å². The summed E-state index contributed by atoms with van der Waals surface area (Å²) in [7, 11) is 0. The monoisotopic (exact) mass is 288 g/mol. The summed E-state index contributed by atoms with van der Waals surface area (Å²) in [6, 6.07) is 1.60. The Labute approximate surface area is 118 Å². The molecule has 9 nitrogen and oxygen atoms in total. The minimum atomic E-state index is -0.198. The summed E-state index contributed by atoms with van der Waals surface area (Å²) in [5, 5.41) is 14.3. The predicted molar refractivity (Wildman–Crippen MR) is 69.1 cm³/mol. The van der Waals surface area contributed by atoms with Gasteiger partial charge >= 0.3 is 0 Å². The van der Waals surface area contributed by atoms with E-state index < -0.39 is 0 Å². The number of carbonyl (C=O) groups excluding carboxylic acids is 1. The number of amides is 1. The van der Waals surface area contributed by atoms with Gasteiger partial charge in [-0.1, -0.05) is 10.4 Å². The van der Waals surface area contributed by atoms with Crippen LogP contribution in [0.1, 0.15) is 16.2 Å². The first kappa shape index (κ1) is 13.0. The number of aromatic nitrogens is 5. The zero-order valence-electron chi connectivity index (χ0n) is 11.2. The second-order valence-corrected chi connectivity index (χ2v) is 4.28. The molecule has 1 N–H and O–H groups in total. The Morgan fingerprint density at radius 2 is 2.38 bits per heavy atom. The van der Waals surface area contributed by atoms with E-state index in [1.165, 1.54) is 12.5 Å². The van der Waals surface area contributed by atoms with Crippen molar-refractivity contribution < 1.29 is 13.7 Å². The molecule has 0 aromatic carbocycles. The van der Waals surface area contributed by atoms with Gasteiger partial charge < -0.3 is 14.3 Å². The van der Waals surface area contributed by atoms with Gasteiger partial charge in [-0.3, -0.25) is 4.79 Å². The lowest BCUT2D eigenvalue weighted by Gasteiger charge is -2.02. The van der Waals surface area contributed by atoms with E-state index in [9.17, 15) is 4.79 Å². The van der Waals surface area contributed by atoms with E-state index in [0.717, 1.165) is 0 Å². The second-order valence-electron chi connectivity index (χ2n) is 4.28. The molecule has 0 saturated heterocycles. The highest BCUT2D eigenvalue weighted by Crippen LogP contribution is 2.12. The number of nitrogens with zero attached hydrogens (tertiary/aromatic N) is 5. The van der Waals surface area contributed by atoms with Crippen LogP contribution in [0.15, 0.2) is 33.7 Å². The molecule has 0 saturated carbocycles. The van der Waals surface area contributed by atoms with Gasteiger partial charge in [-0.25, -0.2) is 4.68 Å². The number of furan rings is 1. The first-order valence-corrected chi connectivity index (χ1v) is 6.23. The van der Waals surface area contributed by atoms with Crippen molar-refractivity contribution in [3.05, 3.63) is 36.2 Å². The molecule has 0 atom stereocenters. The molecule has 3 heterocycles. The molecule has 0 spiro atoms. The normalized spacial score (nSPS) is 10.7. The SMILES string of the molecule is Cc1noc(-c2cn(CCNC(=O)c3ccoc3)nn2)n1. The molecule has 3 aromatic rings. The Morgan fingerprint density at radius 1 is 1.48 bits per heavy atom. The Kier molecular flexibility index (Phi) is 3.46. The molecule has 9 heteroatoms. The number of rotatable bonds is 5. The lowest BCUT2D eigenvalue weighted by Crippen LogP contribution is -2.27. The average molecular weight is 288 g/mol. The van der Waals surface area contributed by atoms with Crippen molar-refractivity contribution in [3.63, 3.8) is 0 Å². The van der Waals surface area contributed by atoms with Crippen LogP contribution in [0, 0.1) is 6.92 Å². The van der Waals surface area contributed by atoms with E-state index >= 15 is 0 Å². The number of hydrogen-bond donors (Lipinski definition) is 1. The zero-order chi connectivity index (χ0) is 14.7. The first-order valence-electron chi connectivity index (χ1n) is 6.23. The Bertz CT molecular complexity index is 730. The van der Waals surface area contributed by atoms with E-state index in [4.69, 9.17) is 8.94 Å². The molecule has 108 valence electrons. The van der Waals surface area contributed by atoms with Gasteiger partial charge in [0.15, 0.2) is 11.5 Å². The van der Waals surface area contributed by atoms with Crippen LogP contribution in [0.3, 0.4) is 0 Å². The summed E-state index contributed by atoms with van der Waals surface area (Å²) in [5.74, 6) is 0.657. The summed E-state index contributed by atoms with van der Waals surface area (Å²) in [6.07, 6.45) is 4.52. The quantitative estimate of drug-likeness (QED) is 0.733. The third-order valence-electron chi connectivity index (χ3n) is 2.70. The Morgan fingerprint density at radius 3 is 3.10 bits per heavy atom. The smallest absolute Gasteiger partial charge is 0.280 e. The maximum absolute atomic E-state index is 11.7. The summed E-state index contributed by atoms with van der Waals surface area (Å²) >= 11 is 0. The van der Waals surface area contributed by atoms with Gasteiger partial charge in [0.05, 0.1) is 24.6 Å². The number of hydrogen-bond acceptors (Lipinski definition) is 7. The van der Waals surface area contributed by atoms with Crippen LogP contribution in [-0.4, -0.2) is 37.6 Å². The molecule has 0 aliphatic carbocycles. The van der Waals surface area contributed by atoms with Crippen molar-refractivity contribution in [1.29, 1.82) is 0 Å². The van der Waals surface area contributed by atoms with Gasteiger partial charge in [0, 0.05) is 6.54 Å². The van der Waals surface area contributed by atoms with Crippen LogP contribution in [0.2, 0.25) is 0 Å². The minimum Gasteiger partial charge on any atom is -0.472 e. The Balaban J connectivity index is 1.54. The fourth-order valence-corrected chi connectivity index (χ4v) is 1.69. The molecular weight excluding hydrogens is 276 g/mol. The molecular formula is C12H12N6O3. The zero-order valence-corrected chi connectivity index (χ0v) is 11.2. The van der Waals surface area contributed by atoms with Crippen LogP contribution in [-0.2, 0) is 6.54 Å². The van der Waals surface area contributed by atoms with E-state index in [1.807, 2.05) is 0 Å². The van der Waals surface area contributed by atoms with Crippen LogP contribution in [0.5, 0.6) is 0 Å². The molecule has 3 rings (SSSR count). The highest BCUT2D eigenvalue weighted by molar-refractivity contribution is 5.93. The van der Waals surface area contributed by atoms with Gasteiger partial charge in [0.25, 0.3) is 11.8 Å². The fraction of sp³-hybridized carbons (Fsp3) is 0.250. The van der Waals surface area contributed by atoms with Gasteiger partial charge in [-0.15, -0.1) is 5.10 Å². The van der Waals surface area contributed by atoms with Crippen LogP contribution < -0.4 is 5.32 Å². The third kappa shape index (κ3) is 2.96. The summed E-state index contributed by atoms with van der Waals surface area (Å²) in [4.78, 5) is 15.7. The molecule has 0 fully saturated rings. The van der Waals surface area contributed by atoms with E-state index in [0.29, 0.717) is 36.1 Å². The number of nitrogens with one attached hydrogen (secondary N) is 1. The maximum atomic E-state index is 11.7. The van der Waals surface area contributed by atoms with Gasteiger partial charge in [-0.2, -0.15) is 4.98 Å². The second kappa shape index (κ2) is 5.57. The van der Waals surface area contributed by atoms with Crippen molar-refractivity contribution in [1.82, 2.24) is 30.5 Å². The lowest BCUT2D eigenvalue weighted by atomic mass is 10.3. The van der Waals surface area contributed by atoms with E-state index in [-0.39, 0.29) is 5.91 Å². The first-order chi connectivity index (χ1) is 10.2. The standard InChI is InChI=1S/C12H12N6O3/c1-8-14-12(21-16-8)10-6-18(17-15-10)4-3-13-11(19)9-2-5-20-7-9/h2,5-7H,3-4H2,1H3,(H,13,19). The topological polar surface area (TPSA) is 112 Å². The van der Waals surface area contributed by atoms with E-state index in [1.54, 1.807) is 23.9 Å². The van der Waals surface area contributed by atoms with Crippen molar-refractivity contribution in [2.45, 2.75) is 13.5 Å². The molecule has 0 radical (unpaired) electrons. The van der Waals surface area contributed by atoms with Crippen molar-refractivity contribution in [2.75, 3.05) is 6.54 Å². The predicted octanol–water partition coefficient (Wildman–Crippen LogP) is 0.660. The average Bonchev–Trinajstić information content (AvgIpc) is 3.19. The van der Waals surface area contributed by atoms with Crippen LogP contribution in [0.25, 0.3) is 11.6 Å². The van der Waals surface area contributed by atoms with Gasteiger partial charge in [-0.05, 0) is 13.0 Å². The number of aryl methyl sites for hydroxylation is 1. The fourth-order valence-electron chi connectivity index (χ4n) is 1.69. The highest BCUT2D eigenvalue weighted by atomic mass is 16.5. The Hall–Kier alpha value is -2.97. The van der Waals surface area contributed by atoms with Gasteiger partial charge in [0.2, 0.25) is 0 Å². The number of carbonyl (C=O) groups is 1. The summed E-state index contributed by atoms with van der Waals surface area (Å²) in [5.41, 5.74) is 0.979. The third-order valence-corrected chi connectivity index (χ3v) is 2.70. The molecule has 1 amide bonds. The highest BCUT2D eigenvalue weighted by Gasteiger charge is 2.11. The molecule has 0 aliphatic heterocycles. The summed E-state index contributed by atoms with van der Waals surface area (Å²) < 4.78 is 11.4. The maximum Gasteiger partial charge on any atom is 0.280 e. The molecule has 0 unspecified atom stereocenters. The molecule has 3 aromatic heterocycles. The molecule has 0 aliphatic rings. The minimum absolute atomic E-state index is 0.198.